The molecule has 0 saturated heterocycles. The lowest BCUT2D eigenvalue weighted by atomic mass is 10.2. The Morgan fingerprint density at radius 2 is 1.79 bits per heavy atom. The molecule has 3 nitrogen and oxygen atoms in total. The van der Waals surface area contributed by atoms with E-state index in [0.29, 0.717) is 0 Å². The molecule has 0 aromatic heterocycles. The summed E-state index contributed by atoms with van der Waals surface area (Å²) >= 11 is 0. The number of nitrogen functional groups attached to an aromatic ring is 1. The smallest absolute Gasteiger partial charge is 0.167 e. The molecule has 6 heteroatoms. The quantitative estimate of drug-likeness (QED) is 0.838. The van der Waals surface area contributed by atoms with Crippen LogP contribution >= 0.6 is 0 Å². The van der Waals surface area contributed by atoms with Crippen LogP contribution in [0, 0.1) is 17.5 Å². The number of benzene rings is 2. The van der Waals surface area contributed by atoms with E-state index >= 15 is 0 Å². The zero-order valence-electron chi connectivity index (χ0n) is 10.0. The molecule has 0 fully saturated rings. The number of hydrogen-bond acceptors (Lipinski definition) is 3. The summed E-state index contributed by atoms with van der Waals surface area (Å²) in [5.41, 5.74) is 5.33. The van der Waals surface area contributed by atoms with E-state index in [-0.39, 0.29) is 22.8 Å². The van der Waals surface area contributed by atoms with E-state index in [1.807, 2.05) is 0 Å². The summed E-state index contributed by atoms with van der Waals surface area (Å²) in [6, 6.07) is 5.77. The standard InChI is InChI=1S/C13H11F3N2O/c1-19-12-6-8(15)11(5-9(12)16)18-13-7(14)3-2-4-10(13)17/h2-6,18H,17H2,1H3. The third-order valence-electron chi connectivity index (χ3n) is 2.55. The van der Waals surface area contributed by atoms with Crippen molar-refractivity contribution in [3.8, 4) is 5.75 Å². The van der Waals surface area contributed by atoms with Gasteiger partial charge in [0.2, 0.25) is 0 Å². The lowest BCUT2D eigenvalue weighted by Gasteiger charge is -2.12. The van der Waals surface area contributed by atoms with Crippen molar-refractivity contribution in [1.82, 2.24) is 0 Å². The SMILES string of the molecule is COc1cc(F)c(Nc2c(N)cccc2F)cc1F. The first kappa shape index (κ1) is 13.1. The van der Waals surface area contributed by atoms with Crippen LogP contribution in [0.2, 0.25) is 0 Å². The molecule has 2 rings (SSSR count). The topological polar surface area (TPSA) is 47.3 Å². The second kappa shape index (κ2) is 5.09. The van der Waals surface area contributed by atoms with Crippen LogP contribution in [0.4, 0.5) is 30.2 Å². The first-order chi connectivity index (χ1) is 9.02. The normalized spacial score (nSPS) is 10.3. The van der Waals surface area contributed by atoms with Crippen LogP contribution in [-0.4, -0.2) is 7.11 Å². The molecule has 0 spiro atoms. The first-order valence-electron chi connectivity index (χ1n) is 5.37. The fourth-order valence-corrected chi connectivity index (χ4v) is 1.59. The minimum atomic E-state index is -0.777. The maximum Gasteiger partial charge on any atom is 0.167 e. The summed E-state index contributed by atoms with van der Waals surface area (Å²) in [5.74, 6) is -2.43. The van der Waals surface area contributed by atoms with Gasteiger partial charge in [0.25, 0.3) is 0 Å². The molecule has 0 radical (unpaired) electrons. The fraction of sp³-hybridized carbons (Fsp3) is 0.0769. The highest BCUT2D eigenvalue weighted by Gasteiger charge is 2.13. The van der Waals surface area contributed by atoms with E-state index in [9.17, 15) is 13.2 Å². The summed E-state index contributed by atoms with van der Waals surface area (Å²) in [6.07, 6.45) is 0. The Kier molecular flexibility index (Phi) is 3.50. The largest absolute Gasteiger partial charge is 0.494 e. The summed E-state index contributed by atoms with van der Waals surface area (Å²) < 4.78 is 45.3. The third kappa shape index (κ3) is 2.57. The van der Waals surface area contributed by atoms with Gasteiger partial charge in [0.1, 0.15) is 5.82 Å². The van der Waals surface area contributed by atoms with Crippen molar-refractivity contribution < 1.29 is 17.9 Å². The monoisotopic (exact) mass is 268 g/mol. The molecular formula is C13H11F3N2O. The second-order valence-corrected chi connectivity index (χ2v) is 3.80. The number of para-hydroxylation sites is 1. The molecule has 0 unspecified atom stereocenters. The molecule has 0 aliphatic heterocycles. The zero-order chi connectivity index (χ0) is 14.0. The highest BCUT2D eigenvalue weighted by molar-refractivity contribution is 5.73. The van der Waals surface area contributed by atoms with E-state index in [1.165, 1.54) is 19.2 Å². The third-order valence-corrected chi connectivity index (χ3v) is 2.55. The van der Waals surface area contributed by atoms with Crippen LogP contribution < -0.4 is 15.8 Å². The van der Waals surface area contributed by atoms with Crippen LogP contribution in [0.5, 0.6) is 5.75 Å². The molecule has 0 aliphatic carbocycles. The van der Waals surface area contributed by atoms with Gasteiger partial charge in [-0.1, -0.05) is 6.07 Å². The summed E-state index contributed by atoms with van der Waals surface area (Å²) in [7, 11) is 1.22. The second-order valence-electron chi connectivity index (χ2n) is 3.80. The van der Waals surface area contributed by atoms with E-state index in [1.54, 1.807) is 0 Å². The predicted molar refractivity (Wildman–Crippen MR) is 67.0 cm³/mol. The molecule has 0 saturated carbocycles. The van der Waals surface area contributed by atoms with Gasteiger partial charge in [0.05, 0.1) is 24.2 Å². The Labute approximate surface area is 107 Å². The molecule has 0 bridgehead atoms. The van der Waals surface area contributed by atoms with E-state index in [2.05, 4.69) is 10.1 Å². The Morgan fingerprint density at radius 1 is 1.05 bits per heavy atom. The van der Waals surface area contributed by atoms with Crippen LogP contribution in [0.15, 0.2) is 30.3 Å². The van der Waals surface area contributed by atoms with Crippen LogP contribution in [0.25, 0.3) is 0 Å². The van der Waals surface area contributed by atoms with Gasteiger partial charge < -0.3 is 15.8 Å². The van der Waals surface area contributed by atoms with Crippen LogP contribution in [-0.2, 0) is 0 Å². The van der Waals surface area contributed by atoms with E-state index < -0.39 is 17.5 Å². The number of nitrogens with one attached hydrogen (secondary N) is 1. The molecule has 0 amide bonds. The summed E-state index contributed by atoms with van der Waals surface area (Å²) in [5, 5.41) is 2.43. The van der Waals surface area contributed by atoms with E-state index in [4.69, 9.17) is 5.73 Å². The number of ether oxygens (including phenoxy) is 1. The zero-order valence-corrected chi connectivity index (χ0v) is 10.0. The Bertz CT molecular complexity index is 597. The molecule has 19 heavy (non-hydrogen) atoms. The van der Waals surface area contributed by atoms with Crippen molar-refractivity contribution >= 4 is 17.1 Å². The molecule has 0 aliphatic rings. The van der Waals surface area contributed by atoms with Crippen molar-refractivity contribution in [2.75, 3.05) is 18.2 Å². The molecule has 2 aromatic carbocycles. The summed E-state index contributed by atoms with van der Waals surface area (Å²) in [4.78, 5) is 0. The maximum absolute atomic E-state index is 13.7. The van der Waals surface area contributed by atoms with Gasteiger partial charge in [-0.05, 0) is 12.1 Å². The Morgan fingerprint density at radius 3 is 2.42 bits per heavy atom. The van der Waals surface area contributed by atoms with Crippen molar-refractivity contribution in [2.24, 2.45) is 0 Å². The lowest BCUT2D eigenvalue weighted by Crippen LogP contribution is -2.02. The number of halogens is 3. The number of rotatable bonds is 3. The molecule has 3 N–H and O–H groups in total. The molecule has 0 atom stereocenters. The summed E-state index contributed by atoms with van der Waals surface area (Å²) in [6.45, 7) is 0. The van der Waals surface area contributed by atoms with Gasteiger partial charge in [0.15, 0.2) is 17.4 Å². The van der Waals surface area contributed by atoms with E-state index in [0.717, 1.165) is 18.2 Å². The van der Waals surface area contributed by atoms with Gasteiger partial charge >= 0.3 is 0 Å². The predicted octanol–water partition coefficient (Wildman–Crippen LogP) is 3.44. The van der Waals surface area contributed by atoms with Crippen molar-refractivity contribution in [3.05, 3.63) is 47.8 Å². The van der Waals surface area contributed by atoms with Gasteiger partial charge in [-0.25, -0.2) is 13.2 Å². The van der Waals surface area contributed by atoms with Crippen LogP contribution in [0.1, 0.15) is 0 Å². The van der Waals surface area contributed by atoms with Gasteiger partial charge in [-0.3, -0.25) is 0 Å². The molecule has 0 heterocycles. The van der Waals surface area contributed by atoms with Crippen LogP contribution in [0.3, 0.4) is 0 Å². The van der Waals surface area contributed by atoms with Crippen molar-refractivity contribution in [3.63, 3.8) is 0 Å². The average Bonchev–Trinajstić information content (AvgIpc) is 2.37. The number of hydrogen-bond donors (Lipinski definition) is 2. The lowest BCUT2D eigenvalue weighted by molar-refractivity contribution is 0.383. The number of nitrogens with two attached hydrogens (primary N) is 1. The maximum atomic E-state index is 13.7. The Balaban J connectivity index is 2.41. The van der Waals surface area contributed by atoms with Gasteiger partial charge in [-0.2, -0.15) is 0 Å². The highest BCUT2D eigenvalue weighted by atomic mass is 19.1. The highest BCUT2D eigenvalue weighted by Crippen LogP contribution is 2.30. The Hall–Kier alpha value is -2.37. The molecule has 100 valence electrons. The average molecular weight is 268 g/mol. The fourth-order valence-electron chi connectivity index (χ4n) is 1.59. The van der Waals surface area contributed by atoms with Crippen molar-refractivity contribution in [2.45, 2.75) is 0 Å². The van der Waals surface area contributed by atoms with Gasteiger partial charge in [-0.15, -0.1) is 0 Å². The van der Waals surface area contributed by atoms with Gasteiger partial charge in [0, 0.05) is 12.1 Å². The number of methoxy groups -OCH3 is 1. The number of anilines is 3. The van der Waals surface area contributed by atoms with Crippen molar-refractivity contribution in [1.29, 1.82) is 0 Å². The minimum absolute atomic E-state index is 0.0932. The molecule has 2 aromatic rings. The molecular weight excluding hydrogens is 257 g/mol. The first-order valence-corrected chi connectivity index (χ1v) is 5.37. The minimum Gasteiger partial charge on any atom is -0.494 e.